The molecule has 1 atom stereocenters. The highest BCUT2D eigenvalue weighted by Gasteiger charge is 2.15. The van der Waals surface area contributed by atoms with Crippen molar-refractivity contribution in [3.63, 3.8) is 0 Å². The molecule has 2 N–H and O–H groups in total. The fraction of sp³-hybridized carbons (Fsp3) is 0.455. The summed E-state index contributed by atoms with van der Waals surface area (Å²) in [6.45, 7) is 0.613. The van der Waals surface area contributed by atoms with Gasteiger partial charge in [0.2, 0.25) is 0 Å². The van der Waals surface area contributed by atoms with Crippen LogP contribution >= 0.6 is 12.4 Å². The second kappa shape index (κ2) is 8.92. The number of aromatic nitrogens is 1. The number of carbonyl (C=O) groups is 1. The lowest BCUT2D eigenvalue weighted by molar-refractivity contribution is -0.146. The summed E-state index contributed by atoms with van der Waals surface area (Å²) in [7, 11) is 1.55. The van der Waals surface area contributed by atoms with Crippen LogP contribution in [0.2, 0.25) is 0 Å². The van der Waals surface area contributed by atoms with Gasteiger partial charge in [-0.2, -0.15) is 0 Å². The van der Waals surface area contributed by atoms with Crippen LogP contribution in [0.5, 0.6) is 0 Å². The summed E-state index contributed by atoms with van der Waals surface area (Å²) in [5.74, 6) is -0.416. The first-order valence-electron chi connectivity index (χ1n) is 5.04. The van der Waals surface area contributed by atoms with Crippen LogP contribution in [-0.4, -0.2) is 37.3 Å². The maximum atomic E-state index is 11.4. The Morgan fingerprint density at radius 3 is 2.88 bits per heavy atom. The van der Waals surface area contributed by atoms with Crippen molar-refractivity contribution in [1.29, 1.82) is 0 Å². The molecule has 1 aromatic rings. The van der Waals surface area contributed by atoms with Crippen molar-refractivity contribution in [2.45, 2.75) is 12.5 Å². The van der Waals surface area contributed by atoms with Crippen LogP contribution < -0.4 is 5.73 Å². The number of hydrogen-bond donors (Lipinski definition) is 1. The minimum Gasteiger partial charge on any atom is -0.462 e. The molecular formula is C11H17ClN2O3. The number of halogens is 1. The fourth-order valence-corrected chi connectivity index (χ4v) is 1.19. The lowest BCUT2D eigenvalue weighted by Crippen LogP contribution is -2.35. The Kier molecular flexibility index (Phi) is 8.31. The van der Waals surface area contributed by atoms with Crippen molar-refractivity contribution in [2.24, 2.45) is 5.73 Å². The highest BCUT2D eigenvalue weighted by Crippen LogP contribution is 2.01. The fourth-order valence-electron chi connectivity index (χ4n) is 1.19. The van der Waals surface area contributed by atoms with Crippen molar-refractivity contribution >= 4 is 18.4 Å². The summed E-state index contributed by atoms with van der Waals surface area (Å²) in [6, 6.07) is 3.02. The number of nitrogens with zero attached hydrogens (tertiary/aromatic N) is 1. The molecule has 0 radical (unpaired) electrons. The van der Waals surface area contributed by atoms with E-state index in [2.05, 4.69) is 4.98 Å². The van der Waals surface area contributed by atoms with E-state index in [1.165, 1.54) is 0 Å². The molecule has 1 aromatic heterocycles. The average Bonchev–Trinajstić information content (AvgIpc) is 2.30. The Morgan fingerprint density at radius 2 is 2.29 bits per heavy atom. The SMILES string of the molecule is COCCOC(=O)C(N)Cc1cccnc1.Cl. The number of nitrogens with two attached hydrogens (primary N) is 1. The number of esters is 1. The third kappa shape index (κ3) is 6.21. The van der Waals surface area contributed by atoms with Crippen molar-refractivity contribution < 1.29 is 14.3 Å². The molecule has 6 heteroatoms. The van der Waals surface area contributed by atoms with E-state index in [0.717, 1.165) is 5.56 Å². The maximum absolute atomic E-state index is 11.4. The Balaban J connectivity index is 0.00000256. The molecule has 0 aliphatic rings. The second-order valence-corrected chi connectivity index (χ2v) is 3.33. The molecule has 0 aliphatic carbocycles. The summed E-state index contributed by atoms with van der Waals surface area (Å²) in [4.78, 5) is 15.3. The number of hydrogen-bond acceptors (Lipinski definition) is 5. The zero-order chi connectivity index (χ0) is 11.8. The van der Waals surface area contributed by atoms with Gasteiger partial charge < -0.3 is 15.2 Å². The van der Waals surface area contributed by atoms with Gasteiger partial charge in [0, 0.05) is 19.5 Å². The van der Waals surface area contributed by atoms with Gasteiger partial charge >= 0.3 is 5.97 Å². The third-order valence-corrected chi connectivity index (χ3v) is 2.01. The molecule has 0 aromatic carbocycles. The van der Waals surface area contributed by atoms with Gasteiger partial charge in [0.25, 0.3) is 0 Å². The van der Waals surface area contributed by atoms with Crippen LogP contribution in [-0.2, 0) is 20.7 Å². The standard InChI is InChI=1S/C11H16N2O3.ClH/c1-15-5-6-16-11(14)10(12)7-9-3-2-4-13-8-9;/h2-4,8,10H,5-7,12H2,1H3;1H. The number of methoxy groups -OCH3 is 1. The number of carbonyl (C=O) groups excluding carboxylic acids is 1. The lowest BCUT2D eigenvalue weighted by Gasteiger charge is -2.10. The summed E-state index contributed by atoms with van der Waals surface area (Å²) >= 11 is 0. The summed E-state index contributed by atoms with van der Waals surface area (Å²) in [5.41, 5.74) is 6.60. The van der Waals surface area contributed by atoms with E-state index < -0.39 is 12.0 Å². The quantitative estimate of drug-likeness (QED) is 0.598. The molecule has 0 spiro atoms. The monoisotopic (exact) mass is 260 g/mol. The Hall–Kier alpha value is -1.17. The van der Waals surface area contributed by atoms with Crippen molar-refractivity contribution in [2.75, 3.05) is 20.3 Å². The largest absolute Gasteiger partial charge is 0.462 e. The second-order valence-electron chi connectivity index (χ2n) is 3.33. The Morgan fingerprint density at radius 1 is 1.53 bits per heavy atom. The van der Waals surface area contributed by atoms with E-state index in [1.54, 1.807) is 25.6 Å². The van der Waals surface area contributed by atoms with Gasteiger partial charge in [0.1, 0.15) is 12.6 Å². The molecule has 1 unspecified atom stereocenters. The summed E-state index contributed by atoms with van der Waals surface area (Å²) < 4.78 is 9.67. The first kappa shape index (κ1) is 15.8. The number of pyridine rings is 1. The molecule has 0 saturated heterocycles. The topological polar surface area (TPSA) is 74.4 Å². The smallest absolute Gasteiger partial charge is 0.323 e. The zero-order valence-corrected chi connectivity index (χ0v) is 10.5. The predicted molar refractivity (Wildman–Crippen MR) is 66.0 cm³/mol. The van der Waals surface area contributed by atoms with Crippen LogP contribution in [0.4, 0.5) is 0 Å². The molecule has 5 nitrogen and oxygen atoms in total. The molecule has 1 heterocycles. The predicted octanol–water partition coefficient (Wildman–Crippen LogP) is 0.563. The number of rotatable bonds is 6. The number of ether oxygens (including phenoxy) is 2. The van der Waals surface area contributed by atoms with Crippen LogP contribution in [0, 0.1) is 0 Å². The molecular weight excluding hydrogens is 244 g/mol. The molecule has 0 bridgehead atoms. The van der Waals surface area contributed by atoms with E-state index in [9.17, 15) is 4.79 Å². The molecule has 0 amide bonds. The van der Waals surface area contributed by atoms with Crippen LogP contribution in [0.3, 0.4) is 0 Å². The van der Waals surface area contributed by atoms with Gasteiger partial charge in [-0.05, 0) is 18.1 Å². The van der Waals surface area contributed by atoms with Gasteiger partial charge in [-0.3, -0.25) is 9.78 Å². The molecule has 1 rings (SSSR count). The lowest BCUT2D eigenvalue weighted by atomic mass is 10.1. The third-order valence-electron chi connectivity index (χ3n) is 2.01. The Bertz CT molecular complexity index is 322. The first-order chi connectivity index (χ1) is 7.74. The molecule has 0 aliphatic heterocycles. The van der Waals surface area contributed by atoms with Crippen LogP contribution in [0.1, 0.15) is 5.56 Å². The highest BCUT2D eigenvalue weighted by atomic mass is 35.5. The van der Waals surface area contributed by atoms with Gasteiger partial charge in [-0.15, -0.1) is 12.4 Å². The maximum Gasteiger partial charge on any atom is 0.323 e. The van der Waals surface area contributed by atoms with Crippen LogP contribution in [0.15, 0.2) is 24.5 Å². The van der Waals surface area contributed by atoms with Crippen LogP contribution in [0.25, 0.3) is 0 Å². The van der Waals surface area contributed by atoms with Crippen molar-refractivity contribution in [3.05, 3.63) is 30.1 Å². The molecule has 96 valence electrons. The van der Waals surface area contributed by atoms with E-state index in [-0.39, 0.29) is 19.0 Å². The minimum absolute atomic E-state index is 0. The zero-order valence-electron chi connectivity index (χ0n) is 9.67. The summed E-state index contributed by atoms with van der Waals surface area (Å²) in [6.07, 6.45) is 3.79. The van der Waals surface area contributed by atoms with Gasteiger partial charge in [0.05, 0.1) is 6.61 Å². The van der Waals surface area contributed by atoms with Gasteiger partial charge in [0.15, 0.2) is 0 Å². The van der Waals surface area contributed by atoms with E-state index in [1.807, 2.05) is 6.07 Å². The van der Waals surface area contributed by atoms with E-state index >= 15 is 0 Å². The van der Waals surface area contributed by atoms with E-state index in [4.69, 9.17) is 15.2 Å². The minimum atomic E-state index is -0.652. The van der Waals surface area contributed by atoms with Crippen molar-refractivity contribution in [3.8, 4) is 0 Å². The average molecular weight is 261 g/mol. The Labute approximate surface area is 107 Å². The highest BCUT2D eigenvalue weighted by molar-refractivity contribution is 5.85. The normalized spacial score (nSPS) is 11.4. The van der Waals surface area contributed by atoms with E-state index in [0.29, 0.717) is 13.0 Å². The van der Waals surface area contributed by atoms with Gasteiger partial charge in [-0.25, -0.2) is 0 Å². The molecule has 0 saturated carbocycles. The molecule has 17 heavy (non-hydrogen) atoms. The molecule has 0 fully saturated rings. The summed E-state index contributed by atoms with van der Waals surface area (Å²) in [5, 5.41) is 0. The van der Waals surface area contributed by atoms with Crippen molar-refractivity contribution in [1.82, 2.24) is 4.98 Å². The van der Waals surface area contributed by atoms with Gasteiger partial charge in [-0.1, -0.05) is 6.07 Å². The first-order valence-corrected chi connectivity index (χ1v) is 5.04.